The van der Waals surface area contributed by atoms with E-state index in [2.05, 4.69) is 14.1 Å². The zero-order valence-electron chi connectivity index (χ0n) is 10.2. The van der Waals surface area contributed by atoms with Crippen molar-refractivity contribution in [1.29, 1.82) is 0 Å². The van der Waals surface area contributed by atoms with Crippen LogP contribution in [0.4, 0.5) is 5.13 Å². The first-order valence-corrected chi connectivity index (χ1v) is 7.91. The van der Waals surface area contributed by atoms with Crippen LogP contribution in [0, 0.1) is 12.8 Å². The average Bonchev–Trinajstić information content (AvgIpc) is 2.74. The zero-order chi connectivity index (χ0) is 14.0. The molecule has 10 heteroatoms. The molecule has 0 saturated carbocycles. The summed E-state index contributed by atoms with van der Waals surface area (Å²) in [6, 6.07) is 0. The molecule has 0 radical (unpaired) electrons. The van der Waals surface area contributed by atoms with Crippen LogP contribution in [0.15, 0.2) is 0 Å². The number of nitrogens with zero attached hydrogens (tertiary/aromatic N) is 3. The topological polar surface area (TPSA) is 112 Å². The summed E-state index contributed by atoms with van der Waals surface area (Å²) in [5, 5.41) is 9.09. The van der Waals surface area contributed by atoms with E-state index < -0.39 is 22.1 Å². The fourth-order valence-corrected chi connectivity index (χ4v) is 3.84. The van der Waals surface area contributed by atoms with Gasteiger partial charge in [0, 0.05) is 24.6 Å². The maximum Gasteiger partial charge on any atom is 0.306 e. The van der Waals surface area contributed by atoms with Crippen molar-refractivity contribution in [3.63, 3.8) is 0 Å². The minimum Gasteiger partial charge on any atom is -0.481 e. The fraction of sp³-hybridized carbons (Fsp3) is 0.667. The Kier molecular flexibility index (Phi) is 4.02. The smallest absolute Gasteiger partial charge is 0.306 e. The van der Waals surface area contributed by atoms with Gasteiger partial charge in [-0.05, 0) is 19.8 Å². The van der Waals surface area contributed by atoms with Crippen molar-refractivity contribution < 1.29 is 18.3 Å². The molecule has 19 heavy (non-hydrogen) atoms. The third kappa shape index (κ3) is 3.39. The van der Waals surface area contributed by atoms with Crippen LogP contribution in [0.25, 0.3) is 0 Å². The number of rotatable bonds is 4. The first kappa shape index (κ1) is 14.2. The highest BCUT2D eigenvalue weighted by atomic mass is 32.2. The molecular formula is C9H14N4O4S2. The molecule has 0 amide bonds. The second-order valence-electron chi connectivity index (χ2n) is 4.27. The van der Waals surface area contributed by atoms with Crippen molar-refractivity contribution in [2.45, 2.75) is 19.8 Å². The summed E-state index contributed by atoms with van der Waals surface area (Å²) in [6.45, 7) is 2.07. The highest BCUT2D eigenvalue weighted by Gasteiger charge is 2.31. The molecule has 8 nitrogen and oxygen atoms in total. The van der Waals surface area contributed by atoms with Crippen LogP contribution in [-0.2, 0) is 15.0 Å². The third-order valence-electron chi connectivity index (χ3n) is 2.89. The molecule has 0 unspecified atom stereocenters. The standard InChI is InChI=1S/C9H14N4O4S2/c1-6-10-9(18-11-6)12-19(16,17)13-4-2-7(3-5-13)8(14)15/h7H,2-5H2,1H3,(H,14,15)(H,10,11,12). The minimum absolute atomic E-state index is 0.198. The van der Waals surface area contributed by atoms with Gasteiger partial charge in [0.1, 0.15) is 5.82 Å². The summed E-state index contributed by atoms with van der Waals surface area (Å²) in [5.74, 6) is -0.827. The number of hydrogen-bond acceptors (Lipinski definition) is 6. The van der Waals surface area contributed by atoms with E-state index >= 15 is 0 Å². The SMILES string of the molecule is Cc1nsc(NS(=O)(=O)N2CCC(C(=O)O)CC2)n1. The predicted molar refractivity (Wildman–Crippen MR) is 69.1 cm³/mol. The van der Waals surface area contributed by atoms with Gasteiger partial charge in [-0.1, -0.05) is 0 Å². The first-order chi connectivity index (χ1) is 8.88. The lowest BCUT2D eigenvalue weighted by Gasteiger charge is -2.28. The average molecular weight is 306 g/mol. The summed E-state index contributed by atoms with van der Waals surface area (Å²) in [6.07, 6.45) is 0.650. The van der Waals surface area contributed by atoms with Gasteiger partial charge >= 0.3 is 16.2 Å². The van der Waals surface area contributed by atoms with E-state index in [4.69, 9.17) is 5.11 Å². The van der Waals surface area contributed by atoms with Crippen LogP contribution >= 0.6 is 11.5 Å². The number of aliphatic carboxylic acids is 1. The van der Waals surface area contributed by atoms with Crippen molar-refractivity contribution in [2.75, 3.05) is 17.8 Å². The maximum absolute atomic E-state index is 12.0. The van der Waals surface area contributed by atoms with Gasteiger partial charge in [0.05, 0.1) is 5.92 Å². The van der Waals surface area contributed by atoms with E-state index in [1.54, 1.807) is 6.92 Å². The third-order valence-corrected chi connectivity index (χ3v) is 5.23. The van der Waals surface area contributed by atoms with Gasteiger partial charge in [0.25, 0.3) is 0 Å². The molecule has 1 aromatic rings. The monoisotopic (exact) mass is 306 g/mol. The Morgan fingerprint density at radius 2 is 2.11 bits per heavy atom. The highest BCUT2D eigenvalue weighted by molar-refractivity contribution is 7.90. The van der Waals surface area contributed by atoms with E-state index in [9.17, 15) is 13.2 Å². The molecule has 1 fully saturated rings. The number of carboxylic acid groups (broad SMARTS) is 1. The van der Waals surface area contributed by atoms with Crippen LogP contribution in [0.2, 0.25) is 0 Å². The molecule has 0 spiro atoms. The molecule has 0 aliphatic carbocycles. The molecule has 2 rings (SSSR count). The molecule has 2 heterocycles. The van der Waals surface area contributed by atoms with Gasteiger partial charge in [-0.2, -0.15) is 17.1 Å². The number of aromatic nitrogens is 2. The number of piperidine rings is 1. The number of carboxylic acids is 1. The van der Waals surface area contributed by atoms with E-state index in [1.807, 2.05) is 0 Å². The van der Waals surface area contributed by atoms with Crippen molar-refractivity contribution in [1.82, 2.24) is 13.7 Å². The van der Waals surface area contributed by atoms with Crippen LogP contribution in [0.3, 0.4) is 0 Å². The predicted octanol–water partition coefficient (Wildman–Crippen LogP) is 0.300. The number of anilines is 1. The lowest BCUT2D eigenvalue weighted by atomic mass is 9.99. The summed E-state index contributed by atoms with van der Waals surface area (Å²) < 4.78 is 31.6. The first-order valence-electron chi connectivity index (χ1n) is 5.69. The Labute approximate surface area is 114 Å². The van der Waals surface area contributed by atoms with Crippen LogP contribution in [-0.4, -0.2) is 46.2 Å². The Morgan fingerprint density at radius 1 is 1.47 bits per heavy atom. The molecule has 2 N–H and O–H groups in total. The number of carbonyl (C=O) groups is 1. The Bertz CT molecular complexity index is 563. The van der Waals surface area contributed by atoms with Gasteiger partial charge in [0.2, 0.25) is 5.13 Å². The quantitative estimate of drug-likeness (QED) is 0.827. The second kappa shape index (κ2) is 5.39. The Hall–Kier alpha value is -1.26. The lowest BCUT2D eigenvalue weighted by molar-refractivity contribution is -0.142. The van der Waals surface area contributed by atoms with E-state index in [-0.39, 0.29) is 18.2 Å². The summed E-state index contributed by atoms with van der Waals surface area (Å²) in [7, 11) is -3.67. The normalized spacial score (nSPS) is 18.4. The number of hydrogen-bond donors (Lipinski definition) is 2. The van der Waals surface area contributed by atoms with E-state index in [0.29, 0.717) is 18.7 Å². The van der Waals surface area contributed by atoms with Crippen molar-refractivity contribution in [2.24, 2.45) is 5.92 Å². The minimum atomic E-state index is -3.67. The summed E-state index contributed by atoms with van der Waals surface area (Å²) in [4.78, 5) is 14.7. The van der Waals surface area contributed by atoms with Crippen LogP contribution in [0.1, 0.15) is 18.7 Å². The molecule has 1 aliphatic heterocycles. The highest BCUT2D eigenvalue weighted by Crippen LogP contribution is 2.21. The van der Waals surface area contributed by atoms with Crippen molar-refractivity contribution in [3.05, 3.63) is 5.82 Å². The lowest BCUT2D eigenvalue weighted by Crippen LogP contribution is -2.42. The maximum atomic E-state index is 12.0. The fourth-order valence-electron chi connectivity index (χ4n) is 1.86. The van der Waals surface area contributed by atoms with Gasteiger partial charge in [-0.15, -0.1) is 0 Å². The Balaban J connectivity index is 1.99. The largest absolute Gasteiger partial charge is 0.481 e. The molecule has 1 saturated heterocycles. The van der Waals surface area contributed by atoms with E-state index in [0.717, 1.165) is 11.5 Å². The number of aryl methyl sites for hydroxylation is 1. The second-order valence-corrected chi connectivity index (χ2v) is 6.69. The van der Waals surface area contributed by atoms with Gasteiger partial charge < -0.3 is 5.11 Å². The van der Waals surface area contributed by atoms with Crippen LogP contribution < -0.4 is 4.72 Å². The van der Waals surface area contributed by atoms with Gasteiger partial charge in [-0.3, -0.25) is 4.79 Å². The summed E-state index contributed by atoms with van der Waals surface area (Å²) in [5.41, 5.74) is 0. The van der Waals surface area contributed by atoms with Crippen LogP contribution in [0.5, 0.6) is 0 Å². The van der Waals surface area contributed by atoms with Crippen molar-refractivity contribution >= 4 is 32.8 Å². The molecule has 1 aromatic heterocycles. The molecule has 0 aromatic carbocycles. The van der Waals surface area contributed by atoms with Gasteiger partial charge in [0.15, 0.2) is 0 Å². The van der Waals surface area contributed by atoms with Gasteiger partial charge in [-0.25, -0.2) is 9.71 Å². The zero-order valence-corrected chi connectivity index (χ0v) is 11.9. The molecule has 106 valence electrons. The Morgan fingerprint density at radius 3 is 2.58 bits per heavy atom. The summed E-state index contributed by atoms with van der Waals surface area (Å²) >= 11 is 0.974. The molecule has 0 atom stereocenters. The van der Waals surface area contributed by atoms with Crippen molar-refractivity contribution in [3.8, 4) is 0 Å². The molecular weight excluding hydrogens is 292 g/mol. The molecule has 0 bridgehead atoms. The molecule has 1 aliphatic rings. The number of nitrogens with one attached hydrogen (secondary N) is 1. The van der Waals surface area contributed by atoms with E-state index in [1.165, 1.54) is 4.31 Å².